The van der Waals surface area contributed by atoms with Gasteiger partial charge in [0, 0.05) is 6.04 Å². The van der Waals surface area contributed by atoms with E-state index in [4.69, 9.17) is 5.73 Å². The van der Waals surface area contributed by atoms with Crippen LogP contribution in [0.1, 0.15) is 30.0 Å². The van der Waals surface area contributed by atoms with E-state index in [0.29, 0.717) is 0 Å². The zero-order chi connectivity index (χ0) is 13.0. The van der Waals surface area contributed by atoms with Crippen molar-refractivity contribution in [1.29, 1.82) is 0 Å². The molecular weight excluding hydrogens is 374 g/mol. The Bertz CT molecular complexity index is 496. The van der Waals surface area contributed by atoms with Gasteiger partial charge in [-0.25, -0.2) is 0 Å². The second-order valence-electron chi connectivity index (χ2n) is 4.26. The summed E-state index contributed by atoms with van der Waals surface area (Å²) in [6.45, 7) is 0. The third-order valence-corrected chi connectivity index (χ3v) is 5.29. The molecule has 1 heterocycles. The Morgan fingerprint density at radius 1 is 1.17 bits per heavy atom. The number of halogens is 2. The van der Waals surface area contributed by atoms with Gasteiger partial charge in [-0.2, -0.15) is 0 Å². The SMILES string of the molecule is NC(CCCc1ccccc1)c1cc(Br)sc1Br. The van der Waals surface area contributed by atoms with Crippen molar-refractivity contribution >= 4 is 43.2 Å². The van der Waals surface area contributed by atoms with Crippen LogP contribution in [0.5, 0.6) is 0 Å². The molecule has 1 aromatic heterocycles. The number of nitrogens with two attached hydrogens (primary N) is 1. The summed E-state index contributed by atoms with van der Waals surface area (Å²) >= 11 is 8.73. The van der Waals surface area contributed by atoms with Crippen LogP contribution in [-0.2, 0) is 6.42 Å². The monoisotopic (exact) mass is 387 g/mol. The first kappa shape index (κ1) is 14.3. The van der Waals surface area contributed by atoms with Crippen LogP contribution in [0.4, 0.5) is 0 Å². The predicted octanol–water partition coefficient (Wildman–Crippen LogP) is 5.30. The van der Waals surface area contributed by atoms with E-state index in [0.717, 1.165) is 26.8 Å². The summed E-state index contributed by atoms with van der Waals surface area (Å²) in [4.78, 5) is 0. The maximum absolute atomic E-state index is 6.23. The molecule has 1 unspecified atom stereocenters. The van der Waals surface area contributed by atoms with Crippen LogP contribution < -0.4 is 5.73 Å². The molecule has 0 aliphatic rings. The van der Waals surface area contributed by atoms with Crippen molar-refractivity contribution in [3.63, 3.8) is 0 Å². The first-order valence-electron chi connectivity index (χ1n) is 5.91. The molecule has 96 valence electrons. The summed E-state index contributed by atoms with van der Waals surface area (Å²) in [5, 5.41) is 0. The highest BCUT2D eigenvalue weighted by molar-refractivity contribution is 9.12. The highest BCUT2D eigenvalue weighted by Crippen LogP contribution is 2.36. The molecule has 0 spiro atoms. The zero-order valence-corrected chi connectivity index (χ0v) is 13.9. The van der Waals surface area contributed by atoms with Gasteiger partial charge in [-0.05, 0) is 68.3 Å². The van der Waals surface area contributed by atoms with Gasteiger partial charge < -0.3 is 5.73 Å². The lowest BCUT2D eigenvalue weighted by Crippen LogP contribution is -2.10. The summed E-state index contributed by atoms with van der Waals surface area (Å²) in [7, 11) is 0. The van der Waals surface area contributed by atoms with Crippen molar-refractivity contribution < 1.29 is 0 Å². The standard InChI is InChI=1S/C14H15Br2NS/c15-13-9-11(14(16)18-13)12(17)8-4-7-10-5-2-1-3-6-10/h1-3,5-6,9,12H,4,7-8,17H2. The average molecular weight is 389 g/mol. The van der Waals surface area contributed by atoms with Gasteiger partial charge in [-0.1, -0.05) is 30.3 Å². The number of benzene rings is 1. The summed E-state index contributed by atoms with van der Waals surface area (Å²) in [6, 6.07) is 12.8. The molecule has 1 atom stereocenters. The largest absolute Gasteiger partial charge is 0.324 e. The van der Waals surface area contributed by atoms with Crippen molar-refractivity contribution in [2.24, 2.45) is 5.73 Å². The topological polar surface area (TPSA) is 26.0 Å². The Labute approximate surface area is 129 Å². The van der Waals surface area contributed by atoms with E-state index in [9.17, 15) is 0 Å². The first-order chi connectivity index (χ1) is 8.66. The second kappa shape index (κ2) is 6.85. The summed E-state index contributed by atoms with van der Waals surface area (Å²) in [6.07, 6.45) is 3.22. The minimum absolute atomic E-state index is 0.116. The molecule has 1 nitrogen and oxygen atoms in total. The van der Waals surface area contributed by atoms with Crippen LogP contribution in [0.3, 0.4) is 0 Å². The number of rotatable bonds is 5. The predicted molar refractivity (Wildman–Crippen MR) is 86.0 cm³/mol. The maximum atomic E-state index is 6.23. The van der Waals surface area contributed by atoms with Gasteiger partial charge in [-0.3, -0.25) is 0 Å². The smallest absolute Gasteiger partial charge is 0.0758 e. The molecular formula is C14H15Br2NS. The second-order valence-corrected chi connectivity index (χ2v) is 8.01. The molecule has 0 saturated carbocycles. The summed E-state index contributed by atoms with van der Waals surface area (Å²) in [5.41, 5.74) is 8.82. The minimum Gasteiger partial charge on any atom is -0.324 e. The van der Waals surface area contributed by atoms with E-state index < -0.39 is 0 Å². The minimum atomic E-state index is 0.116. The molecule has 2 rings (SSSR count). The average Bonchev–Trinajstić information content (AvgIpc) is 2.70. The van der Waals surface area contributed by atoms with E-state index in [1.54, 1.807) is 11.3 Å². The van der Waals surface area contributed by atoms with Gasteiger partial charge in [0.05, 0.1) is 7.57 Å². The summed E-state index contributed by atoms with van der Waals surface area (Å²) < 4.78 is 2.27. The molecule has 0 amide bonds. The molecule has 0 bridgehead atoms. The van der Waals surface area contributed by atoms with Crippen molar-refractivity contribution in [2.45, 2.75) is 25.3 Å². The van der Waals surface area contributed by atoms with Crippen molar-refractivity contribution in [3.05, 3.63) is 55.1 Å². The van der Waals surface area contributed by atoms with E-state index >= 15 is 0 Å². The first-order valence-corrected chi connectivity index (χ1v) is 8.31. The Balaban J connectivity index is 1.85. The fourth-order valence-corrected chi connectivity index (χ4v) is 4.93. The number of thiophene rings is 1. The lowest BCUT2D eigenvalue weighted by atomic mass is 10.0. The van der Waals surface area contributed by atoms with Gasteiger partial charge in [0.2, 0.25) is 0 Å². The molecule has 2 aromatic rings. The van der Waals surface area contributed by atoms with Crippen LogP contribution in [0.15, 0.2) is 44.0 Å². The number of hydrogen-bond donors (Lipinski definition) is 1. The van der Waals surface area contributed by atoms with Gasteiger partial charge in [0.1, 0.15) is 0 Å². The Morgan fingerprint density at radius 2 is 1.89 bits per heavy atom. The van der Waals surface area contributed by atoms with E-state index in [1.165, 1.54) is 11.1 Å². The fraction of sp³-hybridized carbons (Fsp3) is 0.286. The van der Waals surface area contributed by atoms with Crippen molar-refractivity contribution in [2.75, 3.05) is 0 Å². The zero-order valence-electron chi connectivity index (χ0n) is 9.90. The Hall–Kier alpha value is -0.160. The van der Waals surface area contributed by atoms with Crippen LogP contribution >= 0.6 is 43.2 Å². The molecule has 0 radical (unpaired) electrons. The van der Waals surface area contributed by atoms with Gasteiger partial charge in [0.25, 0.3) is 0 Å². The third kappa shape index (κ3) is 3.92. The van der Waals surface area contributed by atoms with E-state index in [2.05, 4.69) is 68.3 Å². The van der Waals surface area contributed by atoms with Gasteiger partial charge in [-0.15, -0.1) is 11.3 Å². The molecule has 2 N–H and O–H groups in total. The summed E-state index contributed by atoms with van der Waals surface area (Å²) in [5.74, 6) is 0. The molecule has 0 aliphatic carbocycles. The van der Waals surface area contributed by atoms with Gasteiger partial charge in [0.15, 0.2) is 0 Å². The number of hydrogen-bond acceptors (Lipinski definition) is 2. The van der Waals surface area contributed by atoms with Crippen LogP contribution in [0.25, 0.3) is 0 Å². The lowest BCUT2D eigenvalue weighted by Gasteiger charge is -2.10. The van der Waals surface area contributed by atoms with Crippen LogP contribution in [0, 0.1) is 0 Å². The highest BCUT2D eigenvalue weighted by atomic mass is 79.9. The maximum Gasteiger partial charge on any atom is 0.0758 e. The number of aryl methyl sites for hydroxylation is 1. The van der Waals surface area contributed by atoms with Crippen molar-refractivity contribution in [3.8, 4) is 0 Å². The molecule has 0 aliphatic heterocycles. The lowest BCUT2D eigenvalue weighted by molar-refractivity contribution is 0.611. The van der Waals surface area contributed by atoms with E-state index in [-0.39, 0.29) is 6.04 Å². The molecule has 0 saturated heterocycles. The Morgan fingerprint density at radius 3 is 2.50 bits per heavy atom. The Kier molecular flexibility index (Phi) is 5.42. The van der Waals surface area contributed by atoms with Crippen LogP contribution in [-0.4, -0.2) is 0 Å². The fourth-order valence-electron chi connectivity index (χ4n) is 1.93. The third-order valence-electron chi connectivity index (χ3n) is 2.91. The molecule has 18 heavy (non-hydrogen) atoms. The highest BCUT2D eigenvalue weighted by Gasteiger charge is 2.12. The normalized spacial score (nSPS) is 12.6. The molecule has 4 heteroatoms. The quantitative estimate of drug-likeness (QED) is 0.739. The van der Waals surface area contributed by atoms with Crippen molar-refractivity contribution in [1.82, 2.24) is 0 Å². The van der Waals surface area contributed by atoms with Gasteiger partial charge >= 0.3 is 0 Å². The van der Waals surface area contributed by atoms with Crippen LogP contribution in [0.2, 0.25) is 0 Å². The van der Waals surface area contributed by atoms with E-state index in [1.807, 2.05) is 0 Å². The molecule has 1 aromatic carbocycles. The molecule has 0 fully saturated rings.